The number of nitrogens with two attached hydrogens (primary N) is 1. The summed E-state index contributed by atoms with van der Waals surface area (Å²) in [6, 6.07) is 3.76. The number of rotatable bonds is 5. The Labute approximate surface area is 100 Å². The number of fused-ring (bicyclic) bond motifs is 1. The first-order chi connectivity index (χ1) is 8.19. The lowest BCUT2D eigenvalue weighted by atomic mass is 10.3. The summed E-state index contributed by atoms with van der Waals surface area (Å²) in [5.41, 5.74) is 8.40. The maximum Gasteiger partial charge on any atom is 0.137 e. The Morgan fingerprint density at radius 1 is 1.35 bits per heavy atom. The van der Waals surface area contributed by atoms with E-state index in [0.717, 1.165) is 30.0 Å². The number of likely N-dealkylation sites (N-methyl/N-ethyl adjacent to an activating group) is 1. The molecule has 2 heterocycles. The first kappa shape index (κ1) is 11.9. The highest BCUT2D eigenvalue weighted by atomic mass is 16.3. The van der Waals surface area contributed by atoms with Gasteiger partial charge in [-0.25, -0.2) is 4.98 Å². The number of hydrogen-bond donors (Lipinski definition) is 2. The number of nitrogens with zero attached hydrogens (tertiary/aromatic N) is 3. The van der Waals surface area contributed by atoms with Crippen LogP contribution in [0.4, 0.5) is 5.69 Å². The van der Waals surface area contributed by atoms with Crippen LogP contribution in [0.25, 0.3) is 5.65 Å². The highest BCUT2D eigenvalue weighted by molar-refractivity contribution is 5.48. The third-order valence-corrected chi connectivity index (χ3v) is 2.76. The Morgan fingerprint density at radius 3 is 2.94 bits per heavy atom. The molecule has 5 heteroatoms. The van der Waals surface area contributed by atoms with Crippen LogP contribution in [0.2, 0.25) is 0 Å². The number of aromatic nitrogens is 2. The minimum atomic E-state index is 0.193. The van der Waals surface area contributed by atoms with Crippen LogP contribution in [-0.4, -0.2) is 46.1 Å². The fourth-order valence-electron chi connectivity index (χ4n) is 1.77. The maximum absolute atomic E-state index is 8.80. The van der Waals surface area contributed by atoms with E-state index in [-0.39, 0.29) is 6.61 Å². The van der Waals surface area contributed by atoms with E-state index in [9.17, 15) is 0 Å². The molecule has 0 aliphatic rings. The zero-order valence-electron chi connectivity index (χ0n) is 10.0. The van der Waals surface area contributed by atoms with Crippen LogP contribution >= 0.6 is 0 Å². The molecule has 5 nitrogen and oxygen atoms in total. The van der Waals surface area contributed by atoms with Crippen molar-refractivity contribution < 1.29 is 5.11 Å². The third-order valence-electron chi connectivity index (χ3n) is 2.76. The number of pyridine rings is 1. The lowest BCUT2D eigenvalue weighted by Gasteiger charge is -2.13. The molecule has 2 aromatic rings. The molecule has 0 aromatic carbocycles. The molecule has 2 aromatic heterocycles. The van der Waals surface area contributed by atoms with Crippen molar-refractivity contribution in [2.24, 2.45) is 0 Å². The summed E-state index contributed by atoms with van der Waals surface area (Å²) in [6.45, 7) is 1.78. The van der Waals surface area contributed by atoms with Gasteiger partial charge < -0.3 is 20.1 Å². The van der Waals surface area contributed by atoms with Crippen molar-refractivity contribution in [3.63, 3.8) is 0 Å². The molecular formula is C12H18N4O. The summed E-state index contributed by atoms with van der Waals surface area (Å²) in [7, 11) is 1.99. The normalized spacial score (nSPS) is 11.5. The molecule has 0 spiro atoms. The standard InChI is InChI=1S/C12H18N4O/c1-15(6-7-17)5-4-11-9-16-8-10(13)2-3-12(16)14-11/h2-3,8-9,17H,4-7,13H2,1H3. The summed E-state index contributed by atoms with van der Waals surface area (Å²) in [5, 5.41) is 8.80. The van der Waals surface area contributed by atoms with Crippen LogP contribution in [0, 0.1) is 0 Å². The lowest BCUT2D eigenvalue weighted by molar-refractivity contribution is 0.222. The molecule has 92 valence electrons. The summed E-state index contributed by atoms with van der Waals surface area (Å²) in [6.07, 6.45) is 4.74. The van der Waals surface area contributed by atoms with Gasteiger partial charge in [-0.15, -0.1) is 0 Å². The lowest BCUT2D eigenvalue weighted by Crippen LogP contribution is -2.24. The Balaban J connectivity index is 2.04. The first-order valence-electron chi connectivity index (χ1n) is 5.71. The van der Waals surface area contributed by atoms with Gasteiger partial charge in [0.2, 0.25) is 0 Å². The van der Waals surface area contributed by atoms with Crippen molar-refractivity contribution in [1.82, 2.24) is 14.3 Å². The average Bonchev–Trinajstić information content (AvgIpc) is 2.68. The van der Waals surface area contributed by atoms with E-state index >= 15 is 0 Å². The topological polar surface area (TPSA) is 66.8 Å². The number of aliphatic hydroxyl groups excluding tert-OH is 1. The van der Waals surface area contributed by atoms with Gasteiger partial charge in [0, 0.05) is 37.6 Å². The fraction of sp³-hybridized carbons (Fsp3) is 0.417. The van der Waals surface area contributed by atoms with Crippen LogP contribution < -0.4 is 5.73 Å². The highest BCUT2D eigenvalue weighted by Crippen LogP contribution is 2.09. The number of aliphatic hydroxyl groups is 1. The minimum Gasteiger partial charge on any atom is -0.398 e. The molecular weight excluding hydrogens is 216 g/mol. The van der Waals surface area contributed by atoms with Crippen molar-refractivity contribution in [2.45, 2.75) is 6.42 Å². The molecule has 0 saturated carbocycles. The maximum atomic E-state index is 8.80. The van der Waals surface area contributed by atoms with Gasteiger partial charge in [-0.05, 0) is 19.2 Å². The van der Waals surface area contributed by atoms with Gasteiger partial charge in [-0.1, -0.05) is 0 Å². The SMILES string of the molecule is CN(CCO)CCc1cn2cc(N)ccc2n1. The van der Waals surface area contributed by atoms with E-state index in [1.54, 1.807) is 0 Å². The van der Waals surface area contributed by atoms with E-state index in [0.29, 0.717) is 6.54 Å². The average molecular weight is 234 g/mol. The molecule has 0 radical (unpaired) electrons. The minimum absolute atomic E-state index is 0.193. The van der Waals surface area contributed by atoms with Gasteiger partial charge in [0.15, 0.2) is 0 Å². The summed E-state index contributed by atoms with van der Waals surface area (Å²) in [4.78, 5) is 6.59. The van der Waals surface area contributed by atoms with E-state index in [1.165, 1.54) is 0 Å². The van der Waals surface area contributed by atoms with E-state index in [2.05, 4.69) is 9.88 Å². The molecule has 3 N–H and O–H groups in total. The molecule has 0 aliphatic carbocycles. The fourth-order valence-corrected chi connectivity index (χ4v) is 1.77. The second kappa shape index (κ2) is 5.16. The Kier molecular flexibility index (Phi) is 3.61. The molecule has 2 rings (SSSR count). The molecule has 0 amide bonds. The predicted octanol–water partition coefficient (Wildman–Crippen LogP) is 0.383. The molecule has 0 unspecified atom stereocenters. The van der Waals surface area contributed by atoms with Gasteiger partial charge in [0.05, 0.1) is 12.3 Å². The van der Waals surface area contributed by atoms with Crippen molar-refractivity contribution in [3.8, 4) is 0 Å². The van der Waals surface area contributed by atoms with Gasteiger partial charge in [0.25, 0.3) is 0 Å². The number of imidazole rings is 1. The largest absolute Gasteiger partial charge is 0.398 e. The van der Waals surface area contributed by atoms with Crippen LogP contribution in [0.1, 0.15) is 5.69 Å². The Morgan fingerprint density at radius 2 is 2.18 bits per heavy atom. The predicted molar refractivity (Wildman–Crippen MR) is 67.9 cm³/mol. The van der Waals surface area contributed by atoms with Crippen LogP contribution in [0.3, 0.4) is 0 Å². The Hall–Kier alpha value is -1.59. The van der Waals surface area contributed by atoms with Crippen LogP contribution in [-0.2, 0) is 6.42 Å². The molecule has 0 saturated heterocycles. The quantitative estimate of drug-likeness (QED) is 0.785. The van der Waals surface area contributed by atoms with E-state index < -0.39 is 0 Å². The van der Waals surface area contributed by atoms with Crippen molar-refractivity contribution in [3.05, 3.63) is 30.2 Å². The number of nitrogen functional groups attached to an aromatic ring is 1. The zero-order valence-corrected chi connectivity index (χ0v) is 10.0. The second-order valence-electron chi connectivity index (χ2n) is 4.24. The molecule has 0 atom stereocenters. The summed E-state index contributed by atoms with van der Waals surface area (Å²) < 4.78 is 1.94. The summed E-state index contributed by atoms with van der Waals surface area (Å²) in [5.74, 6) is 0. The second-order valence-corrected chi connectivity index (χ2v) is 4.24. The molecule has 17 heavy (non-hydrogen) atoms. The van der Waals surface area contributed by atoms with Crippen molar-refractivity contribution in [2.75, 3.05) is 32.5 Å². The number of hydrogen-bond acceptors (Lipinski definition) is 4. The van der Waals surface area contributed by atoms with Gasteiger partial charge in [-0.2, -0.15) is 0 Å². The molecule has 0 bridgehead atoms. The van der Waals surface area contributed by atoms with Crippen molar-refractivity contribution in [1.29, 1.82) is 0 Å². The molecule has 0 aliphatic heterocycles. The smallest absolute Gasteiger partial charge is 0.137 e. The van der Waals surface area contributed by atoms with Gasteiger partial charge in [-0.3, -0.25) is 0 Å². The highest BCUT2D eigenvalue weighted by Gasteiger charge is 2.03. The van der Waals surface area contributed by atoms with Crippen LogP contribution in [0.5, 0.6) is 0 Å². The van der Waals surface area contributed by atoms with Crippen molar-refractivity contribution >= 4 is 11.3 Å². The van der Waals surface area contributed by atoms with Gasteiger partial charge >= 0.3 is 0 Å². The third kappa shape index (κ3) is 2.95. The van der Waals surface area contributed by atoms with E-state index in [4.69, 9.17) is 10.8 Å². The zero-order chi connectivity index (χ0) is 12.3. The molecule has 0 fully saturated rings. The van der Waals surface area contributed by atoms with Gasteiger partial charge in [0.1, 0.15) is 5.65 Å². The van der Waals surface area contributed by atoms with Crippen LogP contribution in [0.15, 0.2) is 24.5 Å². The number of anilines is 1. The Bertz CT molecular complexity index is 494. The summed E-state index contributed by atoms with van der Waals surface area (Å²) >= 11 is 0. The monoisotopic (exact) mass is 234 g/mol. The first-order valence-corrected chi connectivity index (χ1v) is 5.71. The van der Waals surface area contributed by atoms with E-state index in [1.807, 2.05) is 36.0 Å².